The Morgan fingerprint density at radius 3 is 2.24 bits per heavy atom. The van der Waals surface area contributed by atoms with Gasteiger partial charge in [0.05, 0.1) is 12.8 Å². The van der Waals surface area contributed by atoms with Gasteiger partial charge >= 0.3 is 11.9 Å². The van der Waals surface area contributed by atoms with Crippen LogP contribution in [0.25, 0.3) is 17.2 Å². The first-order valence-electron chi connectivity index (χ1n) is 13.8. The van der Waals surface area contributed by atoms with Gasteiger partial charge in [-0.25, -0.2) is 4.39 Å². The Kier molecular flexibility index (Phi) is 10.4. The lowest BCUT2D eigenvalue weighted by Crippen LogP contribution is -2.25. The van der Waals surface area contributed by atoms with Gasteiger partial charge in [0.15, 0.2) is 0 Å². The van der Waals surface area contributed by atoms with Gasteiger partial charge in [0.2, 0.25) is 0 Å². The molecule has 4 nitrogen and oxygen atoms in total. The maximum Gasteiger partial charge on any atom is 0.315 e. The van der Waals surface area contributed by atoms with E-state index < -0.39 is 17.4 Å². The number of carboxylic acid groups (broad SMARTS) is 1. The lowest BCUT2D eigenvalue weighted by Gasteiger charge is -2.28. The summed E-state index contributed by atoms with van der Waals surface area (Å²) < 4.78 is 20.3. The molecule has 1 N–H and O–H groups in total. The molecule has 3 aromatic rings. The molecule has 41 heavy (non-hydrogen) atoms. The van der Waals surface area contributed by atoms with Gasteiger partial charge in [0.25, 0.3) is 0 Å². The molecule has 0 aromatic heterocycles. The Morgan fingerprint density at radius 1 is 0.976 bits per heavy atom. The number of carbonyl (C=O) groups excluding carboxylic acids is 1. The van der Waals surface area contributed by atoms with Gasteiger partial charge in [-0.3, -0.25) is 9.59 Å². The van der Waals surface area contributed by atoms with Crippen molar-refractivity contribution in [3.8, 4) is 5.75 Å². The predicted octanol–water partition coefficient (Wildman–Crippen LogP) is 9.27. The fourth-order valence-corrected chi connectivity index (χ4v) is 5.90. The monoisotopic (exact) mass is 574 g/mol. The third-order valence-corrected chi connectivity index (χ3v) is 7.88. The zero-order valence-corrected chi connectivity index (χ0v) is 26.0. The van der Waals surface area contributed by atoms with Crippen molar-refractivity contribution in [2.24, 2.45) is 0 Å². The quantitative estimate of drug-likeness (QED) is 0.165. The number of carbonyl (C=O) groups is 2. The maximum atomic E-state index is 14.4. The minimum Gasteiger partial charge on any atom is -0.481 e. The van der Waals surface area contributed by atoms with Crippen molar-refractivity contribution in [1.82, 2.24) is 0 Å². The highest BCUT2D eigenvalue weighted by Gasteiger charge is 2.31. The second kappa shape index (κ2) is 13.3. The van der Waals surface area contributed by atoms with E-state index in [1.54, 1.807) is 23.9 Å². The van der Waals surface area contributed by atoms with Gasteiger partial charge in [-0.15, -0.1) is 11.8 Å². The molecule has 1 aliphatic rings. The molecule has 0 spiro atoms. The molecule has 0 saturated heterocycles. The zero-order valence-electron chi connectivity index (χ0n) is 25.1. The summed E-state index contributed by atoms with van der Waals surface area (Å²) in [6.45, 7) is 13.4. The highest BCUT2D eigenvalue weighted by atomic mass is 32.2. The van der Waals surface area contributed by atoms with Gasteiger partial charge in [-0.05, 0) is 108 Å². The summed E-state index contributed by atoms with van der Waals surface area (Å²) in [5, 5.41) is 9.47. The molecular formula is C35H39FO4S. The molecule has 0 saturated carbocycles. The molecule has 0 bridgehead atoms. The lowest BCUT2D eigenvalue weighted by atomic mass is 9.78. The second-order valence-corrected chi connectivity index (χ2v) is 11.6. The molecule has 0 radical (unpaired) electrons. The zero-order chi connectivity index (χ0) is 30.5. The first-order valence-corrected chi connectivity index (χ1v) is 15.0. The maximum absolute atomic E-state index is 14.4. The minimum atomic E-state index is -0.926. The summed E-state index contributed by atoms with van der Waals surface area (Å²) in [5.41, 5.74) is 6.85. The van der Waals surface area contributed by atoms with E-state index >= 15 is 0 Å². The van der Waals surface area contributed by atoms with Crippen LogP contribution in [0.2, 0.25) is 0 Å². The van der Waals surface area contributed by atoms with Crippen LogP contribution in [0.3, 0.4) is 0 Å². The molecule has 216 valence electrons. The summed E-state index contributed by atoms with van der Waals surface area (Å²) in [5.74, 6) is -1.42. The Balaban J connectivity index is 0.00000226. The van der Waals surface area contributed by atoms with Crippen LogP contribution in [0.1, 0.15) is 80.8 Å². The summed E-state index contributed by atoms with van der Waals surface area (Å²) in [7, 11) is 0. The van der Waals surface area contributed by atoms with Gasteiger partial charge in [-0.2, -0.15) is 0 Å². The average molecular weight is 575 g/mol. The van der Waals surface area contributed by atoms with E-state index in [0.29, 0.717) is 16.9 Å². The number of ether oxygens (including phenoxy) is 1. The van der Waals surface area contributed by atoms with E-state index in [1.165, 1.54) is 17.0 Å². The number of benzene rings is 3. The first kappa shape index (κ1) is 31.9. The number of hydrogen-bond donors (Lipinski definition) is 1. The van der Waals surface area contributed by atoms with Crippen LogP contribution < -0.4 is 4.74 Å². The van der Waals surface area contributed by atoms with E-state index in [1.807, 2.05) is 72.9 Å². The Hall–Kier alpha value is -3.64. The Labute approximate surface area is 247 Å². The molecule has 0 aliphatic heterocycles. The lowest BCUT2D eigenvalue weighted by molar-refractivity contribution is -0.138. The summed E-state index contributed by atoms with van der Waals surface area (Å²) >= 11 is 1.67. The van der Waals surface area contributed by atoms with E-state index in [-0.39, 0.29) is 18.7 Å². The van der Waals surface area contributed by atoms with Crippen molar-refractivity contribution >= 4 is 40.9 Å². The number of allylic oxidation sites excluding steroid dienone is 2. The van der Waals surface area contributed by atoms with Crippen LogP contribution in [0, 0.1) is 19.7 Å². The first-order chi connectivity index (χ1) is 19.4. The van der Waals surface area contributed by atoms with Crippen molar-refractivity contribution in [2.45, 2.75) is 71.6 Å². The van der Waals surface area contributed by atoms with Crippen molar-refractivity contribution in [3.63, 3.8) is 0 Å². The van der Waals surface area contributed by atoms with Crippen LogP contribution in [-0.2, 0) is 15.0 Å². The number of rotatable bonds is 8. The number of aliphatic carboxylic acids is 1. The van der Waals surface area contributed by atoms with Crippen LogP contribution in [-0.4, -0.2) is 23.3 Å². The van der Waals surface area contributed by atoms with Crippen molar-refractivity contribution < 1.29 is 23.8 Å². The minimum absolute atomic E-state index is 0.0448. The third-order valence-electron chi connectivity index (χ3n) is 7.14. The van der Waals surface area contributed by atoms with Gasteiger partial charge < -0.3 is 9.84 Å². The van der Waals surface area contributed by atoms with Crippen molar-refractivity contribution in [1.29, 1.82) is 0 Å². The van der Waals surface area contributed by atoms with E-state index in [0.717, 1.165) is 39.0 Å². The number of thioether (sulfide) groups is 1. The predicted molar refractivity (Wildman–Crippen MR) is 168 cm³/mol. The van der Waals surface area contributed by atoms with Crippen LogP contribution in [0.5, 0.6) is 5.75 Å². The summed E-state index contributed by atoms with van der Waals surface area (Å²) in [4.78, 5) is 26.1. The fourth-order valence-electron chi connectivity index (χ4n) is 5.49. The SMILES string of the molecule is CC.CSc1ccc(/C=C2/C(C)=C(CC(=O)Oc3cc(C)cc(C)c3C(C)(C)CC(=O)O)c3cc(F)ccc32)cc1. The molecule has 6 heteroatoms. The molecule has 1 aliphatic carbocycles. The number of carboxylic acids is 1. The highest BCUT2D eigenvalue weighted by molar-refractivity contribution is 7.98. The van der Waals surface area contributed by atoms with Crippen LogP contribution >= 0.6 is 11.8 Å². The van der Waals surface area contributed by atoms with Gasteiger partial charge in [0.1, 0.15) is 11.6 Å². The molecule has 3 aromatic carbocycles. The molecule has 0 amide bonds. The van der Waals surface area contributed by atoms with Crippen molar-refractivity contribution in [3.05, 3.63) is 99.4 Å². The third kappa shape index (κ3) is 7.36. The van der Waals surface area contributed by atoms with Gasteiger partial charge in [-0.1, -0.05) is 52.0 Å². The van der Waals surface area contributed by atoms with Crippen molar-refractivity contribution in [2.75, 3.05) is 6.26 Å². The Morgan fingerprint density at radius 2 is 1.63 bits per heavy atom. The molecule has 0 atom stereocenters. The Bertz CT molecular complexity index is 1510. The molecule has 4 rings (SSSR count). The summed E-state index contributed by atoms with van der Waals surface area (Å²) in [6.07, 6.45) is 3.94. The topological polar surface area (TPSA) is 63.6 Å². The van der Waals surface area contributed by atoms with E-state index in [2.05, 4.69) is 18.2 Å². The standard InChI is InChI=1S/C33H33FO4S.C2H6/c1-19-13-20(2)32(33(4,5)18-30(35)36)29(14-19)38-31(37)17-27-21(3)26(25-12-9-23(34)16-28(25)27)15-22-7-10-24(39-6)11-8-22;1-2/h7-16H,17-18H2,1-6H3,(H,35,36);1-2H3/b26-15-;. The summed E-state index contributed by atoms with van der Waals surface area (Å²) in [6, 6.07) is 16.6. The molecule has 0 heterocycles. The molecule has 0 unspecified atom stereocenters. The number of halogens is 1. The van der Waals surface area contributed by atoms with Crippen LogP contribution in [0.4, 0.5) is 4.39 Å². The van der Waals surface area contributed by atoms with Crippen LogP contribution in [0.15, 0.2) is 65.1 Å². The molecule has 0 fully saturated rings. The second-order valence-electron chi connectivity index (χ2n) is 10.7. The number of hydrogen-bond acceptors (Lipinski definition) is 4. The largest absolute Gasteiger partial charge is 0.481 e. The smallest absolute Gasteiger partial charge is 0.315 e. The molecular weight excluding hydrogens is 535 g/mol. The number of esters is 1. The highest BCUT2D eigenvalue weighted by Crippen LogP contribution is 2.44. The van der Waals surface area contributed by atoms with E-state index in [4.69, 9.17) is 4.74 Å². The fraction of sp³-hybridized carbons (Fsp3) is 0.314. The van der Waals surface area contributed by atoms with Gasteiger partial charge in [0, 0.05) is 15.9 Å². The average Bonchev–Trinajstić information content (AvgIpc) is 3.14. The number of aryl methyl sites for hydroxylation is 2. The van der Waals surface area contributed by atoms with E-state index in [9.17, 15) is 19.1 Å². The normalized spacial score (nSPS) is 13.5. The number of fused-ring (bicyclic) bond motifs is 1.